The standard InChI is InChI=1S/C14H21N3O2/c15-12-2-1-3-13(8-12)16-14(19)9-17-6-4-11(10-18)5-7-17/h1-3,8,11,18H,4-7,9-10,15H2,(H,16,19). The number of aliphatic hydroxyl groups is 1. The van der Waals surface area contributed by atoms with Gasteiger partial charge in [-0.15, -0.1) is 0 Å². The highest BCUT2D eigenvalue weighted by atomic mass is 16.3. The largest absolute Gasteiger partial charge is 0.399 e. The van der Waals surface area contributed by atoms with Crippen molar-refractivity contribution >= 4 is 17.3 Å². The van der Waals surface area contributed by atoms with E-state index in [1.807, 2.05) is 12.1 Å². The van der Waals surface area contributed by atoms with Gasteiger partial charge in [-0.3, -0.25) is 9.69 Å². The number of amides is 1. The van der Waals surface area contributed by atoms with Crippen LogP contribution >= 0.6 is 0 Å². The van der Waals surface area contributed by atoms with Crippen molar-refractivity contribution < 1.29 is 9.90 Å². The first-order valence-corrected chi connectivity index (χ1v) is 6.66. The molecular formula is C14H21N3O2. The second kappa shape index (κ2) is 6.54. The first kappa shape index (κ1) is 13.8. The maximum absolute atomic E-state index is 11.9. The van der Waals surface area contributed by atoms with Crippen LogP contribution in [0.5, 0.6) is 0 Å². The van der Waals surface area contributed by atoms with Gasteiger partial charge in [-0.1, -0.05) is 6.07 Å². The number of carbonyl (C=O) groups excluding carboxylic acids is 1. The number of carbonyl (C=O) groups is 1. The molecule has 5 heteroatoms. The summed E-state index contributed by atoms with van der Waals surface area (Å²) in [4.78, 5) is 14.0. The molecule has 0 atom stereocenters. The number of piperidine rings is 1. The van der Waals surface area contributed by atoms with E-state index in [0.29, 0.717) is 18.2 Å². The number of aliphatic hydroxyl groups excluding tert-OH is 1. The molecule has 19 heavy (non-hydrogen) atoms. The molecule has 4 N–H and O–H groups in total. The number of hydrogen-bond donors (Lipinski definition) is 3. The molecule has 1 aromatic rings. The normalized spacial score (nSPS) is 17.3. The van der Waals surface area contributed by atoms with E-state index in [2.05, 4.69) is 10.2 Å². The van der Waals surface area contributed by atoms with E-state index in [1.54, 1.807) is 12.1 Å². The lowest BCUT2D eigenvalue weighted by Gasteiger charge is -2.30. The average molecular weight is 263 g/mol. The van der Waals surface area contributed by atoms with Crippen LogP contribution in [-0.4, -0.2) is 42.2 Å². The minimum atomic E-state index is -0.0203. The van der Waals surface area contributed by atoms with Crippen molar-refractivity contribution in [3.63, 3.8) is 0 Å². The fourth-order valence-corrected chi connectivity index (χ4v) is 2.35. The third-order valence-electron chi connectivity index (χ3n) is 3.50. The second-order valence-corrected chi connectivity index (χ2v) is 5.08. The van der Waals surface area contributed by atoms with Crippen molar-refractivity contribution in [1.29, 1.82) is 0 Å². The highest BCUT2D eigenvalue weighted by molar-refractivity contribution is 5.92. The lowest BCUT2D eigenvalue weighted by molar-refractivity contribution is -0.117. The Morgan fingerprint density at radius 1 is 1.42 bits per heavy atom. The van der Waals surface area contributed by atoms with Gasteiger partial charge in [-0.25, -0.2) is 0 Å². The van der Waals surface area contributed by atoms with Crippen LogP contribution in [0.1, 0.15) is 12.8 Å². The summed E-state index contributed by atoms with van der Waals surface area (Å²) in [5.74, 6) is 0.376. The molecule has 0 unspecified atom stereocenters. The second-order valence-electron chi connectivity index (χ2n) is 5.08. The molecule has 0 saturated carbocycles. The van der Waals surface area contributed by atoms with Crippen LogP contribution in [-0.2, 0) is 4.79 Å². The number of rotatable bonds is 4. The summed E-state index contributed by atoms with van der Waals surface area (Å²) in [5, 5.41) is 11.9. The summed E-state index contributed by atoms with van der Waals surface area (Å²) in [7, 11) is 0. The fourth-order valence-electron chi connectivity index (χ4n) is 2.35. The monoisotopic (exact) mass is 263 g/mol. The number of hydrogen-bond acceptors (Lipinski definition) is 4. The molecule has 1 saturated heterocycles. The topological polar surface area (TPSA) is 78.6 Å². The van der Waals surface area contributed by atoms with E-state index in [1.165, 1.54) is 0 Å². The van der Waals surface area contributed by atoms with Crippen molar-refractivity contribution in [2.45, 2.75) is 12.8 Å². The minimum absolute atomic E-state index is 0.0203. The Morgan fingerprint density at radius 2 is 2.16 bits per heavy atom. The Labute approximate surface area is 113 Å². The molecule has 1 aliphatic heterocycles. The molecule has 0 spiro atoms. The van der Waals surface area contributed by atoms with Gasteiger partial charge in [-0.05, 0) is 50.0 Å². The molecule has 1 aliphatic rings. The molecule has 1 heterocycles. The van der Waals surface area contributed by atoms with Crippen LogP contribution < -0.4 is 11.1 Å². The fraction of sp³-hybridized carbons (Fsp3) is 0.500. The molecule has 0 aromatic heterocycles. The van der Waals surface area contributed by atoms with Crippen LogP contribution in [0.15, 0.2) is 24.3 Å². The summed E-state index contributed by atoms with van der Waals surface area (Å²) in [6.07, 6.45) is 1.92. The average Bonchev–Trinajstić information content (AvgIpc) is 2.39. The van der Waals surface area contributed by atoms with Gasteiger partial charge in [-0.2, -0.15) is 0 Å². The van der Waals surface area contributed by atoms with Crippen LogP contribution in [0.3, 0.4) is 0 Å². The third-order valence-corrected chi connectivity index (χ3v) is 3.50. The molecule has 0 bridgehead atoms. The quantitative estimate of drug-likeness (QED) is 0.706. The zero-order valence-electron chi connectivity index (χ0n) is 11.0. The van der Waals surface area contributed by atoms with Gasteiger partial charge < -0.3 is 16.2 Å². The highest BCUT2D eigenvalue weighted by Gasteiger charge is 2.20. The van der Waals surface area contributed by atoms with Crippen molar-refractivity contribution in [2.75, 3.05) is 37.3 Å². The van der Waals surface area contributed by atoms with Crippen molar-refractivity contribution in [2.24, 2.45) is 5.92 Å². The molecule has 5 nitrogen and oxygen atoms in total. The van der Waals surface area contributed by atoms with Gasteiger partial charge in [0.15, 0.2) is 0 Å². The van der Waals surface area contributed by atoms with Gasteiger partial charge in [0.2, 0.25) is 5.91 Å². The summed E-state index contributed by atoms with van der Waals surface area (Å²) >= 11 is 0. The molecule has 1 aromatic carbocycles. The van der Waals surface area contributed by atoms with E-state index in [-0.39, 0.29) is 12.5 Å². The molecule has 0 radical (unpaired) electrons. The number of anilines is 2. The van der Waals surface area contributed by atoms with Crippen molar-refractivity contribution in [1.82, 2.24) is 4.90 Å². The lowest BCUT2D eigenvalue weighted by atomic mass is 9.98. The van der Waals surface area contributed by atoms with E-state index in [0.717, 1.165) is 31.6 Å². The van der Waals surface area contributed by atoms with Crippen LogP contribution in [0.4, 0.5) is 11.4 Å². The summed E-state index contributed by atoms with van der Waals surface area (Å²) in [6, 6.07) is 7.18. The predicted molar refractivity (Wildman–Crippen MR) is 75.7 cm³/mol. The third kappa shape index (κ3) is 4.22. The first-order valence-electron chi connectivity index (χ1n) is 6.66. The van der Waals surface area contributed by atoms with Gasteiger partial charge in [0.1, 0.15) is 0 Å². The molecule has 104 valence electrons. The smallest absolute Gasteiger partial charge is 0.238 e. The predicted octanol–water partition coefficient (Wildman–Crippen LogP) is 0.912. The minimum Gasteiger partial charge on any atom is -0.399 e. The molecule has 0 aliphatic carbocycles. The van der Waals surface area contributed by atoms with Crippen LogP contribution in [0.25, 0.3) is 0 Å². The zero-order chi connectivity index (χ0) is 13.7. The highest BCUT2D eigenvalue weighted by Crippen LogP contribution is 2.16. The van der Waals surface area contributed by atoms with Gasteiger partial charge in [0.05, 0.1) is 6.54 Å². The van der Waals surface area contributed by atoms with E-state index in [9.17, 15) is 4.79 Å². The number of nitrogens with two attached hydrogens (primary N) is 1. The van der Waals surface area contributed by atoms with Gasteiger partial charge in [0, 0.05) is 18.0 Å². The SMILES string of the molecule is Nc1cccc(NC(=O)CN2CCC(CO)CC2)c1. The zero-order valence-corrected chi connectivity index (χ0v) is 11.0. The molecule has 1 amide bonds. The Kier molecular flexibility index (Phi) is 4.76. The Bertz CT molecular complexity index is 428. The number of benzene rings is 1. The Balaban J connectivity index is 1.79. The maximum Gasteiger partial charge on any atom is 0.238 e. The van der Waals surface area contributed by atoms with E-state index >= 15 is 0 Å². The summed E-state index contributed by atoms with van der Waals surface area (Å²) in [6.45, 7) is 2.39. The maximum atomic E-state index is 11.9. The number of likely N-dealkylation sites (tertiary alicyclic amines) is 1. The van der Waals surface area contributed by atoms with Crippen LogP contribution in [0, 0.1) is 5.92 Å². The number of nitrogens with one attached hydrogen (secondary N) is 1. The first-order chi connectivity index (χ1) is 9.17. The molecule has 2 rings (SSSR count). The number of nitrogen functional groups attached to an aromatic ring is 1. The molecule has 1 fully saturated rings. The lowest BCUT2D eigenvalue weighted by Crippen LogP contribution is -2.39. The summed E-state index contributed by atoms with van der Waals surface area (Å²) in [5.41, 5.74) is 7.04. The number of nitrogens with zero attached hydrogens (tertiary/aromatic N) is 1. The summed E-state index contributed by atoms with van der Waals surface area (Å²) < 4.78 is 0. The van der Waals surface area contributed by atoms with Gasteiger partial charge in [0.25, 0.3) is 0 Å². The van der Waals surface area contributed by atoms with E-state index in [4.69, 9.17) is 10.8 Å². The van der Waals surface area contributed by atoms with Crippen LogP contribution in [0.2, 0.25) is 0 Å². The molecular weight excluding hydrogens is 242 g/mol. The Hall–Kier alpha value is -1.59. The van der Waals surface area contributed by atoms with Crippen molar-refractivity contribution in [3.8, 4) is 0 Å². The Morgan fingerprint density at radius 3 is 2.79 bits per heavy atom. The van der Waals surface area contributed by atoms with E-state index < -0.39 is 0 Å². The van der Waals surface area contributed by atoms with Crippen molar-refractivity contribution in [3.05, 3.63) is 24.3 Å². The van der Waals surface area contributed by atoms with Gasteiger partial charge >= 0.3 is 0 Å².